The number of nitrogens with zero attached hydrogens (tertiary/aromatic N) is 1. The molecule has 2 aliphatic heterocycles. The van der Waals surface area contributed by atoms with Crippen molar-refractivity contribution >= 4 is 5.69 Å². The van der Waals surface area contributed by atoms with Gasteiger partial charge in [-0.1, -0.05) is 6.92 Å². The number of anilines is 1. The maximum Gasteiger partial charge on any atom is 0.163 e. The van der Waals surface area contributed by atoms with Crippen LogP contribution in [0.5, 0.6) is 11.5 Å². The zero-order valence-electron chi connectivity index (χ0n) is 13.1. The van der Waals surface area contributed by atoms with Crippen LogP contribution in [0.2, 0.25) is 0 Å². The number of ether oxygens (including phenoxy) is 2. The van der Waals surface area contributed by atoms with Crippen LogP contribution < -0.4 is 19.7 Å². The Labute approximate surface area is 127 Å². The number of hydrogen-bond donors (Lipinski definition) is 1. The highest BCUT2D eigenvalue weighted by molar-refractivity contribution is 5.57. The summed E-state index contributed by atoms with van der Waals surface area (Å²) in [6.07, 6.45) is 2.54. The predicted molar refractivity (Wildman–Crippen MR) is 85.5 cm³/mol. The lowest BCUT2D eigenvalue weighted by Gasteiger charge is -2.23. The monoisotopic (exact) mass is 290 g/mol. The van der Waals surface area contributed by atoms with Gasteiger partial charge in [-0.2, -0.15) is 0 Å². The minimum atomic E-state index is 0.611. The zero-order valence-corrected chi connectivity index (χ0v) is 13.1. The second-order valence-corrected chi connectivity index (χ2v) is 6.12. The van der Waals surface area contributed by atoms with Crippen molar-refractivity contribution in [2.24, 2.45) is 5.92 Å². The molecule has 2 atom stereocenters. The summed E-state index contributed by atoms with van der Waals surface area (Å²) in [6, 6.07) is 6.94. The average Bonchev–Trinajstić information content (AvgIpc) is 2.95. The van der Waals surface area contributed by atoms with Crippen LogP contribution in [0.4, 0.5) is 5.69 Å². The largest absolute Gasteiger partial charge is 0.486 e. The Hall–Kier alpha value is -1.42. The SMILES string of the molecule is CCNC(C)CC1CCN(c2ccc3c(c2)OCCO3)C1. The molecule has 1 aromatic carbocycles. The van der Waals surface area contributed by atoms with Gasteiger partial charge in [-0.25, -0.2) is 0 Å². The van der Waals surface area contributed by atoms with E-state index in [0.717, 1.165) is 37.1 Å². The molecule has 0 aromatic heterocycles. The average molecular weight is 290 g/mol. The Balaban J connectivity index is 1.61. The molecule has 116 valence electrons. The van der Waals surface area contributed by atoms with Crippen molar-refractivity contribution in [1.82, 2.24) is 5.32 Å². The van der Waals surface area contributed by atoms with E-state index in [0.29, 0.717) is 19.3 Å². The summed E-state index contributed by atoms with van der Waals surface area (Å²) in [7, 11) is 0. The summed E-state index contributed by atoms with van der Waals surface area (Å²) in [5, 5.41) is 3.51. The van der Waals surface area contributed by atoms with Crippen molar-refractivity contribution in [3.8, 4) is 11.5 Å². The molecule has 1 N–H and O–H groups in total. The molecular weight excluding hydrogens is 264 g/mol. The molecule has 0 saturated carbocycles. The van der Waals surface area contributed by atoms with Crippen LogP contribution in [0, 0.1) is 5.92 Å². The summed E-state index contributed by atoms with van der Waals surface area (Å²) in [5.41, 5.74) is 1.26. The number of rotatable bonds is 5. The number of hydrogen-bond acceptors (Lipinski definition) is 4. The molecule has 1 fully saturated rings. The maximum absolute atomic E-state index is 5.69. The summed E-state index contributed by atoms with van der Waals surface area (Å²) in [6.45, 7) is 9.11. The summed E-state index contributed by atoms with van der Waals surface area (Å²) < 4.78 is 11.3. The van der Waals surface area contributed by atoms with Gasteiger partial charge < -0.3 is 19.7 Å². The molecule has 2 unspecified atom stereocenters. The third-order valence-corrected chi connectivity index (χ3v) is 4.42. The van der Waals surface area contributed by atoms with Gasteiger partial charge in [-0.15, -0.1) is 0 Å². The summed E-state index contributed by atoms with van der Waals surface area (Å²) >= 11 is 0. The van der Waals surface area contributed by atoms with Gasteiger partial charge >= 0.3 is 0 Å². The van der Waals surface area contributed by atoms with Gasteiger partial charge in [0.05, 0.1) is 0 Å². The topological polar surface area (TPSA) is 33.7 Å². The first kappa shape index (κ1) is 14.5. The van der Waals surface area contributed by atoms with E-state index >= 15 is 0 Å². The van der Waals surface area contributed by atoms with Crippen molar-refractivity contribution in [2.45, 2.75) is 32.7 Å². The first-order valence-electron chi connectivity index (χ1n) is 8.14. The first-order valence-corrected chi connectivity index (χ1v) is 8.14. The fraction of sp³-hybridized carbons (Fsp3) is 0.647. The molecule has 1 aromatic rings. The van der Waals surface area contributed by atoms with E-state index in [4.69, 9.17) is 9.47 Å². The van der Waals surface area contributed by atoms with Crippen molar-refractivity contribution in [3.63, 3.8) is 0 Å². The van der Waals surface area contributed by atoms with Crippen LogP contribution in [0.1, 0.15) is 26.7 Å². The molecule has 1 saturated heterocycles. The minimum absolute atomic E-state index is 0.611. The summed E-state index contributed by atoms with van der Waals surface area (Å²) in [4.78, 5) is 2.47. The number of benzene rings is 1. The summed E-state index contributed by atoms with van der Waals surface area (Å²) in [5.74, 6) is 2.55. The van der Waals surface area contributed by atoms with E-state index < -0.39 is 0 Å². The number of nitrogens with one attached hydrogen (secondary N) is 1. The molecule has 0 radical (unpaired) electrons. The highest BCUT2D eigenvalue weighted by atomic mass is 16.6. The Kier molecular flexibility index (Phi) is 4.54. The van der Waals surface area contributed by atoms with Crippen LogP contribution in [0.25, 0.3) is 0 Å². The quantitative estimate of drug-likeness (QED) is 0.904. The van der Waals surface area contributed by atoms with Crippen LogP contribution >= 0.6 is 0 Å². The fourth-order valence-electron chi connectivity index (χ4n) is 3.42. The Morgan fingerprint density at radius 2 is 2.10 bits per heavy atom. The van der Waals surface area contributed by atoms with E-state index in [9.17, 15) is 0 Å². The third kappa shape index (κ3) is 3.43. The van der Waals surface area contributed by atoms with Crippen LogP contribution in [0.3, 0.4) is 0 Å². The van der Waals surface area contributed by atoms with Gasteiger partial charge in [0, 0.05) is 30.9 Å². The molecule has 0 spiro atoms. The van der Waals surface area contributed by atoms with Gasteiger partial charge in [0.15, 0.2) is 11.5 Å². The van der Waals surface area contributed by atoms with Gasteiger partial charge in [-0.05, 0) is 44.4 Å². The normalized spacial score (nSPS) is 22.4. The Morgan fingerprint density at radius 1 is 1.29 bits per heavy atom. The van der Waals surface area contributed by atoms with E-state index in [2.05, 4.69) is 36.2 Å². The smallest absolute Gasteiger partial charge is 0.163 e. The second kappa shape index (κ2) is 6.56. The van der Waals surface area contributed by atoms with E-state index in [1.807, 2.05) is 6.07 Å². The molecule has 0 amide bonds. The molecular formula is C17H26N2O2. The number of fused-ring (bicyclic) bond motifs is 1. The van der Waals surface area contributed by atoms with Crippen molar-refractivity contribution in [3.05, 3.63) is 18.2 Å². The maximum atomic E-state index is 5.69. The lowest BCUT2D eigenvalue weighted by atomic mass is 10.0. The fourth-order valence-corrected chi connectivity index (χ4v) is 3.42. The second-order valence-electron chi connectivity index (χ2n) is 6.12. The predicted octanol–water partition coefficient (Wildman–Crippen LogP) is 2.67. The van der Waals surface area contributed by atoms with E-state index in [1.54, 1.807) is 0 Å². The van der Waals surface area contributed by atoms with Gasteiger partial charge in [-0.3, -0.25) is 0 Å². The van der Waals surface area contributed by atoms with Crippen LogP contribution in [-0.2, 0) is 0 Å². The first-order chi connectivity index (χ1) is 10.3. The van der Waals surface area contributed by atoms with E-state index in [-0.39, 0.29) is 0 Å². The molecule has 2 aliphatic rings. The zero-order chi connectivity index (χ0) is 14.7. The van der Waals surface area contributed by atoms with Crippen molar-refractivity contribution in [2.75, 3.05) is 37.7 Å². The molecule has 4 nitrogen and oxygen atoms in total. The van der Waals surface area contributed by atoms with Gasteiger partial charge in [0.1, 0.15) is 13.2 Å². The Morgan fingerprint density at radius 3 is 2.90 bits per heavy atom. The lowest BCUT2D eigenvalue weighted by Crippen LogP contribution is -2.29. The Bertz CT molecular complexity index is 478. The van der Waals surface area contributed by atoms with E-state index in [1.165, 1.54) is 18.5 Å². The lowest BCUT2D eigenvalue weighted by molar-refractivity contribution is 0.171. The molecule has 3 rings (SSSR count). The molecule has 0 bridgehead atoms. The molecule has 4 heteroatoms. The van der Waals surface area contributed by atoms with Gasteiger partial charge in [0.25, 0.3) is 0 Å². The van der Waals surface area contributed by atoms with Crippen LogP contribution in [0.15, 0.2) is 18.2 Å². The standard InChI is InChI=1S/C17H26N2O2/c1-3-18-13(2)10-14-6-7-19(12-14)15-4-5-16-17(11-15)21-9-8-20-16/h4-5,11,13-14,18H,3,6-10,12H2,1-2H3. The van der Waals surface area contributed by atoms with Crippen LogP contribution in [-0.4, -0.2) is 38.9 Å². The molecule has 2 heterocycles. The molecule has 21 heavy (non-hydrogen) atoms. The minimum Gasteiger partial charge on any atom is -0.486 e. The highest BCUT2D eigenvalue weighted by Gasteiger charge is 2.25. The molecule has 0 aliphatic carbocycles. The highest BCUT2D eigenvalue weighted by Crippen LogP contribution is 2.36. The third-order valence-electron chi connectivity index (χ3n) is 4.42. The van der Waals surface area contributed by atoms with Crippen molar-refractivity contribution < 1.29 is 9.47 Å². The van der Waals surface area contributed by atoms with Crippen molar-refractivity contribution in [1.29, 1.82) is 0 Å². The van der Waals surface area contributed by atoms with Gasteiger partial charge in [0.2, 0.25) is 0 Å².